The number of hydrogen-bond donors (Lipinski definition) is 1. The van der Waals surface area contributed by atoms with Gasteiger partial charge in [-0.15, -0.1) is 0 Å². The lowest BCUT2D eigenvalue weighted by Crippen LogP contribution is -2.28. The molecule has 0 saturated heterocycles. The minimum atomic E-state index is -0.390. The number of anilines is 1. The highest BCUT2D eigenvalue weighted by molar-refractivity contribution is 6.38. The van der Waals surface area contributed by atoms with Crippen molar-refractivity contribution in [1.29, 1.82) is 0 Å². The molecule has 3 aromatic rings. The van der Waals surface area contributed by atoms with E-state index in [1.807, 2.05) is 0 Å². The fraction of sp³-hybridized carbons (Fsp3) is 0.118. The van der Waals surface area contributed by atoms with E-state index in [-0.39, 0.29) is 28.4 Å². The molecule has 1 heterocycles. The Morgan fingerprint density at radius 2 is 1.96 bits per heavy atom. The number of carbonyl (C=O) groups is 1. The lowest BCUT2D eigenvalue weighted by Gasteiger charge is -2.09. The van der Waals surface area contributed by atoms with Gasteiger partial charge in [-0.25, -0.2) is 4.98 Å². The Morgan fingerprint density at radius 1 is 1.24 bits per heavy atom. The molecule has 0 unspecified atom stereocenters. The third-order valence-electron chi connectivity index (χ3n) is 3.53. The van der Waals surface area contributed by atoms with Crippen molar-refractivity contribution in [1.82, 2.24) is 9.55 Å². The van der Waals surface area contributed by atoms with E-state index in [1.165, 1.54) is 23.0 Å². The van der Waals surface area contributed by atoms with Crippen LogP contribution in [-0.2, 0) is 11.3 Å². The Balaban J connectivity index is 1.83. The van der Waals surface area contributed by atoms with Crippen molar-refractivity contribution < 1.29 is 9.53 Å². The van der Waals surface area contributed by atoms with E-state index in [0.717, 1.165) is 0 Å². The molecule has 0 atom stereocenters. The minimum Gasteiger partial charge on any atom is -0.497 e. The number of methoxy groups -OCH3 is 1. The number of carbonyl (C=O) groups excluding carboxylic acids is 1. The van der Waals surface area contributed by atoms with E-state index in [9.17, 15) is 9.59 Å². The van der Waals surface area contributed by atoms with Crippen molar-refractivity contribution >= 4 is 45.7 Å². The van der Waals surface area contributed by atoms with Gasteiger partial charge in [0.25, 0.3) is 5.56 Å². The van der Waals surface area contributed by atoms with Crippen molar-refractivity contribution in [2.75, 3.05) is 12.4 Å². The molecule has 1 amide bonds. The third kappa shape index (κ3) is 3.75. The average molecular weight is 378 g/mol. The number of aromatic nitrogens is 2. The molecule has 1 N–H and O–H groups in total. The van der Waals surface area contributed by atoms with Crippen LogP contribution in [0.3, 0.4) is 0 Å². The molecule has 0 bridgehead atoms. The highest BCUT2D eigenvalue weighted by Crippen LogP contribution is 2.24. The first-order valence-electron chi connectivity index (χ1n) is 7.26. The normalized spacial score (nSPS) is 10.7. The molecule has 0 spiro atoms. The van der Waals surface area contributed by atoms with Gasteiger partial charge < -0.3 is 10.1 Å². The Hall–Kier alpha value is -2.57. The Morgan fingerprint density at radius 3 is 2.64 bits per heavy atom. The molecule has 0 aliphatic carbocycles. The summed E-state index contributed by atoms with van der Waals surface area (Å²) in [5.74, 6) is 0.322. The lowest BCUT2D eigenvalue weighted by atomic mass is 10.2. The van der Waals surface area contributed by atoms with Crippen molar-refractivity contribution in [2.45, 2.75) is 6.54 Å². The van der Waals surface area contributed by atoms with E-state index < -0.39 is 0 Å². The fourth-order valence-corrected chi connectivity index (χ4v) is 2.88. The van der Waals surface area contributed by atoms with E-state index in [4.69, 9.17) is 27.9 Å². The summed E-state index contributed by atoms with van der Waals surface area (Å²) < 4.78 is 6.26. The Kier molecular flexibility index (Phi) is 4.92. The second-order valence-corrected chi connectivity index (χ2v) is 6.08. The van der Waals surface area contributed by atoms with Gasteiger partial charge in [-0.2, -0.15) is 0 Å². The van der Waals surface area contributed by atoms with Crippen LogP contribution in [0.5, 0.6) is 5.75 Å². The first-order valence-corrected chi connectivity index (χ1v) is 8.01. The first-order chi connectivity index (χ1) is 12.0. The number of halogens is 2. The zero-order chi connectivity index (χ0) is 18.0. The molecule has 0 aliphatic heterocycles. The third-order valence-corrected chi connectivity index (χ3v) is 4.04. The van der Waals surface area contributed by atoms with Crippen LogP contribution < -0.4 is 15.6 Å². The molecule has 25 heavy (non-hydrogen) atoms. The summed E-state index contributed by atoms with van der Waals surface area (Å²) in [6, 6.07) is 9.86. The van der Waals surface area contributed by atoms with Crippen LogP contribution >= 0.6 is 23.2 Å². The van der Waals surface area contributed by atoms with Crippen LogP contribution in [-0.4, -0.2) is 22.6 Å². The molecule has 3 rings (SSSR count). The van der Waals surface area contributed by atoms with Gasteiger partial charge in [0.15, 0.2) is 0 Å². The lowest BCUT2D eigenvalue weighted by molar-refractivity contribution is -0.116. The summed E-state index contributed by atoms with van der Waals surface area (Å²) in [5.41, 5.74) is 0.556. The predicted molar refractivity (Wildman–Crippen MR) is 97.6 cm³/mol. The summed E-state index contributed by atoms with van der Waals surface area (Å²) >= 11 is 12.0. The molecule has 6 nitrogen and oxygen atoms in total. The molecular formula is C17H13Cl2N3O3. The monoisotopic (exact) mass is 377 g/mol. The fourth-order valence-electron chi connectivity index (χ4n) is 2.34. The summed E-state index contributed by atoms with van der Waals surface area (Å²) in [4.78, 5) is 28.8. The zero-order valence-corrected chi connectivity index (χ0v) is 14.6. The highest BCUT2D eigenvalue weighted by Gasteiger charge is 2.11. The number of nitrogens with one attached hydrogen (secondary N) is 1. The van der Waals surface area contributed by atoms with Crippen LogP contribution in [0.15, 0.2) is 47.5 Å². The predicted octanol–water partition coefficient (Wildman–Crippen LogP) is 3.35. The summed E-state index contributed by atoms with van der Waals surface area (Å²) in [6.07, 6.45) is 1.29. The van der Waals surface area contributed by atoms with Crippen LogP contribution in [0.1, 0.15) is 0 Å². The average Bonchev–Trinajstić information content (AvgIpc) is 2.58. The first kappa shape index (κ1) is 17.3. The van der Waals surface area contributed by atoms with Crippen molar-refractivity contribution in [2.24, 2.45) is 0 Å². The summed E-state index contributed by atoms with van der Waals surface area (Å²) in [5, 5.41) is 3.58. The molecule has 0 aliphatic rings. The number of benzene rings is 2. The molecule has 8 heteroatoms. The van der Waals surface area contributed by atoms with Gasteiger partial charge in [0.2, 0.25) is 5.91 Å². The number of fused-ring (bicyclic) bond motifs is 1. The zero-order valence-electron chi connectivity index (χ0n) is 13.1. The maximum absolute atomic E-state index is 12.5. The van der Waals surface area contributed by atoms with Gasteiger partial charge in [0.05, 0.1) is 29.4 Å². The quantitative estimate of drug-likeness (QED) is 0.756. The van der Waals surface area contributed by atoms with E-state index in [1.54, 1.807) is 31.4 Å². The molecule has 0 radical (unpaired) electrons. The number of hydrogen-bond acceptors (Lipinski definition) is 4. The maximum atomic E-state index is 12.5. The van der Waals surface area contributed by atoms with Crippen LogP contribution in [0.25, 0.3) is 10.9 Å². The van der Waals surface area contributed by atoms with E-state index >= 15 is 0 Å². The van der Waals surface area contributed by atoms with Crippen LogP contribution in [0.4, 0.5) is 5.69 Å². The van der Waals surface area contributed by atoms with Gasteiger partial charge in [-0.05, 0) is 36.4 Å². The Bertz CT molecular complexity index is 1000. The Labute approximate surface area is 153 Å². The van der Waals surface area contributed by atoms with Gasteiger partial charge in [0, 0.05) is 10.7 Å². The summed E-state index contributed by atoms with van der Waals surface area (Å²) in [7, 11) is 1.56. The molecule has 0 saturated carbocycles. The largest absolute Gasteiger partial charge is 0.497 e. The van der Waals surface area contributed by atoms with Crippen LogP contribution in [0.2, 0.25) is 10.0 Å². The molecule has 2 aromatic carbocycles. The second kappa shape index (κ2) is 7.13. The van der Waals surface area contributed by atoms with Crippen molar-refractivity contribution in [3.63, 3.8) is 0 Å². The molecular weight excluding hydrogens is 365 g/mol. The van der Waals surface area contributed by atoms with Gasteiger partial charge in [-0.1, -0.05) is 23.2 Å². The number of rotatable bonds is 4. The van der Waals surface area contributed by atoms with Crippen molar-refractivity contribution in [3.8, 4) is 5.75 Å². The number of amides is 1. The van der Waals surface area contributed by atoms with Gasteiger partial charge >= 0.3 is 0 Å². The van der Waals surface area contributed by atoms with Gasteiger partial charge in [0.1, 0.15) is 12.3 Å². The molecule has 0 fully saturated rings. The van der Waals surface area contributed by atoms with Crippen LogP contribution in [0, 0.1) is 0 Å². The molecule has 128 valence electrons. The van der Waals surface area contributed by atoms with Crippen molar-refractivity contribution in [3.05, 3.63) is 63.1 Å². The highest BCUT2D eigenvalue weighted by atomic mass is 35.5. The second-order valence-electron chi connectivity index (χ2n) is 5.24. The minimum absolute atomic E-state index is 0.183. The smallest absolute Gasteiger partial charge is 0.261 e. The SMILES string of the molecule is COc1ccc(NC(=O)Cn2cnc3c(Cl)cc(Cl)cc3c2=O)cc1. The number of ether oxygens (including phenoxy) is 1. The summed E-state index contributed by atoms with van der Waals surface area (Å²) in [6.45, 7) is -0.183. The maximum Gasteiger partial charge on any atom is 0.261 e. The van der Waals surface area contributed by atoms with E-state index in [2.05, 4.69) is 10.3 Å². The van der Waals surface area contributed by atoms with Gasteiger partial charge in [-0.3, -0.25) is 14.2 Å². The van der Waals surface area contributed by atoms with E-state index in [0.29, 0.717) is 22.0 Å². The number of nitrogens with zero attached hydrogens (tertiary/aromatic N) is 2. The standard InChI is InChI=1S/C17H13Cl2N3O3/c1-25-12-4-2-11(3-5-12)21-15(23)8-22-9-20-16-13(17(22)24)6-10(18)7-14(16)19/h2-7,9H,8H2,1H3,(H,21,23). The topological polar surface area (TPSA) is 73.2 Å². The molecule has 1 aromatic heterocycles.